The summed E-state index contributed by atoms with van der Waals surface area (Å²) in [5.41, 5.74) is 2.06. The van der Waals surface area contributed by atoms with Crippen molar-refractivity contribution >= 4 is 29.2 Å². The Hall–Kier alpha value is -3.53. The van der Waals surface area contributed by atoms with Crippen molar-refractivity contribution in [3.05, 3.63) is 47.8 Å². The predicted molar refractivity (Wildman–Crippen MR) is 162 cm³/mol. The second-order valence-corrected chi connectivity index (χ2v) is 11.8. The molecule has 42 heavy (non-hydrogen) atoms. The molecular formula is C32H46N6O4. The van der Waals surface area contributed by atoms with Gasteiger partial charge in [0.25, 0.3) is 0 Å². The minimum atomic E-state index is -0.640. The van der Waals surface area contributed by atoms with Gasteiger partial charge in [-0.3, -0.25) is 23.9 Å². The smallest absolute Gasteiger partial charge is 0.245 e. The number of piperazine rings is 1. The van der Waals surface area contributed by atoms with E-state index in [1.807, 2.05) is 36.2 Å². The first-order valence-electron chi connectivity index (χ1n) is 15.4. The van der Waals surface area contributed by atoms with Crippen LogP contribution >= 0.6 is 0 Å². The van der Waals surface area contributed by atoms with Crippen molar-refractivity contribution in [1.82, 2.24) is 24.9 Å². The zero-order chi connectivity index (χ0) is 30.1. The Balaban J connectivity index is 1.43. The number of aryl methyl sites for hydroxylation is 1. The van der Waals surface area contributed by atoms with Crippen LogP contribution in [-0.2, 0) is 27.9 Å². The van der Waals surface area contributed by atoms with E-state index in [0.717, 1.165) is 44.3 Å². The van der Waals surface area contributed by atoms with Crippen molar-refractivity contribution in [2.75, 3.05) is 38.5 Å². The molecule has 2 atom stereocenters. The number of carbonyl (C=O) groups excluding carboxylic acids is 4. The lowest BCUT2D eigenvalue weighted by Gasteiger charge is -2.34. The first-order chi connectivity index (χ1) is 20.2. The van der Waals surface area contributed by atoms with E-state index < -0.39 is 12.0 Å². The average molecular weight is 579 g/mol. The second-order valence-electron chi connectivity index (χ2n) is 11.8. The summed E-state index contributed by atoms with van der Waals surface area (Å²) in [4.78, 5) is 56.4. The molecule has 228 valence electrons. The van der Waals surface area contributed by atoms with Crippen molar-refractivity contribution in [3.63, 3.8) is 0 Å². The fourth-order valence-corrected chi connectivity index (χ4v) is 6.08. The van der Waals surface area contributed by atoms with Gasteiger partial charge in [-0.05, 0) is 49.6 Å². The van der Waals surface area contributed by atoms with Gasteiger partial charge in [0.1, 0.15) is 11.7 Å². The van der Waals surface area contributed by atoms with Gasteiger partial charge in [-0.2, -0.15) is 5.10 Å². The van der Waals surface area contributed by atoms with E-state index in [1.54, 1.807) is 30.9 Å². The number of benzene rings is 1. The van der Waals surface area contributed by atoms with Crippen LogP contribution in [0.4, 0.5) is 5.69 Å². The molecule has 10 heteroatoms. The van der Waals surface area contributed by atoms with E-state index >= 15 is 0 Å². The van der Waals surface area contributed by atoms with Crippen LogP contribution in [0, 0.1) is 11.8 Å². The van der Waals surface area contributed by atoms with Crippen molar-refractivity contribution in [2.24, 2.45) is 18.9 Å². The van der Waals surface area contributed by atoms with Crippen LogP contribution in [0.25, 0.3) is 0 Å². The molecule has 1 saturated carbocycles. The van der Waals surface area contributed by atoms with Crippen molar-refractivity contribution in [1.29, 1.82) is 0 Å². The number of hydrogen-bond donors (Lipinski definition) is 2. The molecule has 0 bridgehead atoms. The number of carbonyl (C=O) groups is 4. The van der Waals surface area contributed by atoms with Crippen molar-refractivity contribution in [3.8, 4) is 0 Å². The van der Waals surface area contributed by atoms with E-state index in [0.29, 0.717) is 37.3 Å². The van der Waals surface area contributed by atoms with Gasteiger partial charge >= 0.3 is 0 Å². The van der Waals surface area contributed by atoms with Gasteiger partial charge in [0.2, 0.25) is 17.7 Å². The lowest BCUT2D eigenvalue weighted by Crippen LogP contribution is -2.54. The Morgan fingerprint density at radius 2 is 1.60 bits per heavy atom. The highest BCUT2D eigenvalue weighted by atomic mass is 16.2. The summed E-state index contributed by atoms with van der Waals surface area (Å²) in [6, 6.07) is 8.50. The molecule has 1 aliphatic heterocycles. The van der Waals surface area contributed by atoms with Crippen molar-refractivity contribution < 1.29 is 19.2 Å². The summed E-state index contributed by atoms with van der Waals surface area (Å²) in [6.07, 6.45) is 8.81. The Labute approximate surface area is 249 Å². The molecule has 0 radical (unpaired) electrons. The summed E-state index contributed by atoms with van der Waals surface area (Å²) in [6.45, 7) is 4.68. The monoisotopic (exact) mass is 578 g/mol. The maximum absolute atomic E-state index is 13.6. The van der Waals surface area contributed by atoms with Gasteiger partial charge in [-0.1, -0.05) is 44.7 Å². The summed E-state index contributed by atoms with van der Waals surface area (Å²) in [5, 5.41) is 10.1. The van der Waals surface area contributed by atoms with Gasteiger partial charge in [-0.15, -0.1) is 0 Å². The highest BCUT2D eigenvalue weighted by Crippen LogP contribution is 2.32. The molecule has 2 N–H and O–H groups in total. The number of hydrogen-bond acceptors (Lipinski definition) is 6. The largest absolute Gasteiger partial charge is 0.344 e. The van der Waals surface area contributed by atoms with Crippen LogP contribution in [0.15, 0.2) is 36.5 Å². The molecule has 2 fully saturated rings. The molecule has 4 rings (SSSR count). The normalized spacial score (nSPS) is 18.1. The average Bonchev–Trinajstić information content (AvgIpc) is 3.24. The standard InChI is InChI=1S/C32H46N6O4/c1-4-30(40)35-27(32(42)38-19-17-36(2)18-20-38)21-23-11-13-25(14-12-23)34-31(41)26(24-9-7-5-6-8-10-24)22-29(39)28-15-16-33-37(28)3/h11-16,24,26-27H,4-10,17-22H2,1-3H3,(H,34,41)(H,35,40)/t26-,27+/m0/s1. The van der Waals surface area contributed by atoms with Crippen LogP contribution in [0.5, 0.6) is 0 Å². The molecule has 1 aliphatic carbocycles. The lowest BCUT2D eigenvalue weighted by molar-refractivity contribution is -0.137. The number of nitrogens with zero attached hydrogens (tertiary/aromatic N) is 4. The fourth-order valence-electron chi connectivity index (χ4n) is 6.08. The van der Waals surface area contributed by atoms with Crippen LogP contribution in [0.3, 0.4) is 0 Å². The molecule has 1 aromatic heterocycles. The van der Waals surface area contributed by atoms with Gasteiger partial charge in [-0.25, -0.2) is 0 Å². The fraction of sp³-hybridized carbons (Fsp3) is 0.594. The third-order valence-corrected chi connectivity index (χ3v) is 8.75. The van der Waals surface area contributed by atoms with Gasteiger partial charge in [0.05, 0.1) is 0 Å². The lowest BCUT2D eigenvalue weighted by atomic mass is 9.81. The molecule has 0 spiro atoms. The maximum Gasteiger partial charge on any atom is 0.245 e. The molecule has 2 aliphatic rings. The first-order valence-corrected chi connectivity index (χ1v) is 15.4. The van der Waals surface area contributed by atoms with E-state index in [4.69, 9.17) is 0 Å². The summed E-state index contributed by atoms with van der Waals surface area (Å²) < 4.78 is 1.56. The molecule has 1 aromatic carbocycles. The van der Waals surface area contributed by atoms with E-state index in [2.05, 4.69) is 20.6 Å². The van der Waals surface area contributed by atoms with E-state index in [1.165, 1.54) is 12.8 Å². The van der Waals surface area contributed by atoms with Gasteiger partial charge < -0.3 is 20.4 Å². The summed E-state index contributed by atoms with van der Waals surface area (Å²) in [5.74, 6) is -0.681. The molecule has 0 unspecified atom stereocenters. The minimum absolute atomic E-state index is 0.0633. The molecule has 2 aromatic rings. The third-order valence-electron chi connectivity index (χ3n) is 8.75. The van der Waals surface area contributed by atoms with Gasteiger partial charge in [0, 0.05) is 70.3 Å². The molecule has 3 amide bonds. The predicted octanol–water partition coefficient (Wildman–Crippen LogP) is 3.43. The number of amides is 3. The molecule has 1 saturated heterocycles. The second kappa shape index (κ2) is 15.1. The summed E-state index contributed by atoms with van der Waals surface area (Å²) in [7, 11) is 3.78. The topological polar surface area (TPSA) is 117 Å². The SMILES string of the molecule is CCC(=O)N[C@H](Cc1ccc(NC(=O)[C@@H](CC(=O)c2ccnn2C)C2CCCCCC2)cc1)C(=O)N1CCN(C)CC1. The zero-order valence-electron chi connectivity index (χ0n) is 25.3. The number of nitrogens with one attached hydrogen (secondary N) is 2. The minimum Gasteiger partial charge on any atom is -0.344 e. The molecule has 10 nitrogen and oxygen atoms in total. The number of anilines is 1. The van der Waals surface area contributed by atoms with Crippen LogP contribution in [0.1, 0.15) is 74.3 Å². The number of rotatable bonds is 11. The Kier molecular flexibility index (Phi) is 11.3. The third kappa shape index (κ3) is 8.50. The number of ketones is 1. The number of Topliss-reactive ketones (excluding diaryl/α,β-unsaturated/α-hetero) is 1. The zero-order valence-corrected chi connectivity index (χ0v) is 25.3. The quantitative estimate of drug-likeness (QED) is 0.312. The Morgan fingerprint density at radius 3 is 2.19 bits per heavy atom. The van der Waals surface area contributed by atoms with Crippen LogP contribution < -0.4 is 10.6 Å². The number of aromatic nitrogens is 2. The highest BCUT2D eigenvalue weighted by molar-refractivity contribution is 6.00. The van der Waals surface area contributed by atoms with Crippen LogP contribution in [-0.4, -0.2) is 82.4 Å². The van der Waals surface area contributed by atoms with E-state index in [9.17, 15) is 19.2 Å². The van der Waals surface area contributed by atoms with Gasteiger partial charge in [0.15, 0.2) is 5.78 Å². The molecule has 2 heterocycles. The Morgan fingerprint density at radius 1 is 0.929 bits per heavy atom. The molecular weight excluding hydrogens is 532 g/mol. The highest BCUT2D eigenvalue weighted by Gasteiger charge is 2.32. The van der Waals surface area contributed by atoms with E-state index in [-0.39, 0.29) is 35.8 Å². The Bertz CT molecular complexity index is 1210. The first kappa shape index (κ1) is 31.4. The van der Waals surface area contributed by atoms with Crippen LogP contribution in [0.2, 0.25) is 0 Å². The van der Waals surface area contributed by atoms with Crippen molar-refractivity contribution in [2.45, 2.75) is 70.8 Å². The summed E-state index contributed by atoms with van der Waals surface area (Å²) >= 11 is 0. The number of likely N-dealkylation sites (N-methyl/N-ethyl adjacent to an activating group) is 1. The maximum atomic E-state index is 13.6.